The molecule has 0 saturated heterocycles. The van der Waals surface area contributed by atoms with Crippen molar-refractivity contribution >= 4 is 28.4 Å². The Hall–Kier alpha value is -3.80. The Morgan fingerprint density at radius 2 is 1.80 bits per heavy atom. The van der Waals surface area contributed by atoms with Crippen LogP contribution in [0, 0.1) is 6.92 Å². The molecule has 0 unspecified atom stereocenters. The number of fused-ring (bicyclic) bond motifs is 1. The Bertz CT molecular complexity index is 1170. The highest BCUT2D eigenvalue weighted by molar-refractivity contribution is 6.00. The number of aryl methyl sites for hydroxylation is 3. The predicted molar refractivity (Wildman–Crippen MR) is 120 cm³/mol. The average Bonchev–Trinajstić information content (AvgIpc) is 3.15. The first-order valence-corrected chi connectivity index (χ1v) is 9.86. The normalized spacial score (nSPS) is 10.7. The molecule has 4 aromatic rings. The van der Waals surface area contributed by atoms with Crippen molar-refractivity contribution in [1.29, 1.82) is 0 Å². The first-order chi connectivity index (χ1) is 14.6. The monoisotopic (exact) mass is 400 g/mol. The largest absolute Gasteiger partial charge is 0.495 e. The number of hydrogen-bond acceptors (Lipinski definition) is 3. The number of hydrogen-bond donors (Lipinski definition) is 3. The van der Waals surface area contributed by atoms with Gasteiger partial charge in [-0.25, -0.2) is 9.78 Å². The minimum Gasteiger partial charge on any atom is -0.495 e. The molecule has 0 spiro atoms. The van der Waals surface area contributed by atoms with Gasteiger partial charge in [-0.1, -0.05) is 30.3 Å². The highest BCUT2D eigenvalue weighted by Crippen LogP contribution is 2.23. The summed E-state index contributed by atoms with van der Waals surface area (Å²) in [5.74, 6) is 1.60. The molecule has 2 amide bonds. The molecule has 1 heterocycles. The number of carbonyl (C=O) groups is 1. The second-order valence-electron chi connectivity index (χ2n) is 7.18. The zero-order valence-corrected chi connectivity index (χ0v) is 17.0. The average molecular weight is 400 g/mol. The molecule has 0 radical (unpaired) electrons. The number of H-pyrrole nitrogens is 1. The summed E-state index contributed by atoms with van der Waals surface area (Å²) >= 11 is 0. The van der Waals surface area contributed by atoms with Crippen LogP contribution in [0.5, 0.6) is 5.75 Å². The van der Waals surface area contributed by atoms with Crippen LogP contribution in [0.2, 0.25) is 0 Å². The molecule has 1 aromatic heterocycles. The number of rotatable bonds is 6. The molecule has 0 atom stereocenters. The van der Waals surface area contributed by atoms with Crippen molar-refractivity contribution in [3.8, 4) is 5.75 Å². The van der Waals surface area contributed by atoms with Gasteiger partial charge in [0.15, 0.2) is 0 Å². The molecule has 6 heteroatoms. The third-order valence-electron chi connectivity index (χ3n) is 4.90. The lowest BCUT2D eigenvalue weighted by Gasteiger charge is -2.11. The van der Waals surface area contributed by atoms with Crippen molar-refractivity contribution < 1.29 is 9.53 Å². The topological polar surface area (TPSA) is 79.0 Å². The minimum atomic E-state index is -0.315. The van der Waals surface area contributed by atoms with E-state index in [-0.39, 0.29) is 6.03 Å². The molecule has 3 N–H and O–H groups in total. The highest BCUT2D eigenvalue weighted by Gasteiger charge is 2.07. The minimum absolute atomic E-state index is 0.315. The van der Waals surface area contributed by atoms with E-state index in [0.29, 0.717) is 11.4 Å². The number of aromatic nitrogens is 2. The van der Waals surface area contributed by atoms with Crippen molar-refractivity contribution in [3.05, 3.63) is 83.7 Å². The van der Waals surface area contributed by atoms with Gasteiger partial charge in [0.2, 0.25) is 0 Å². The van der Waals surface area contributed by atoms with Gasteiger partial charge >= 0.3 is 6.03 Å². The van der Waals surface area contributed by atoms with Crippen LogP contribution in [0.3, 0.4) is 0 Å². The Morgan fingerprint density at radius 1 is 1.00 bits per heavy atom. The van der Waals surface area contributed by atoms with Crippen LogP contribution < -0.4 is 15.4 Å². The number of anilines is 2. The van der Waals surface area contributed by atoms with Gasteiger partial charge in [-0.3, -0.25) is 0 Å². The second-order valence-corrected chi connectivity index (χ2v) is 7.18. The first-order valence-electron chi connectivity index (χ1n) is 9.86. The lowest BCUT2D eigenvalue weighted by Crippen LogP contribution is -2.19. The van der Waals surface area contributed by atoms with Crippen molar-refractivity contribution in [2.75, 3.05) is 17.7 Å². The first kappa shape index (κ1) is 19.5. The molecule has 0 aliphatic carbocycles. The van der Waals surface area contributed by atoms with Crippen LogP contribution in [-0.4, -0.2) is 23.1 Å². The lowest BCUT2D eigenvalue weighted by molar-refractivity contribution is 0.262. The molecule has 30 heavy (non-hydrogen) atoms. The fourth-order valence-electron chi connectivity index (χ4n) is 3.34. The summed E-state index contributed by atoms with van der Waals surface area (Å²) in [6, 6.07) is 21.0. The molecule has 0 aliphatic heterocycles. The number of methoxy groups -OCH3 is 1. The van der Waals surface area contributed by atoms with Gasteiger partial charge in [0, 0.05) is 12.1 Å². The molecule has 152 valence electrons. The van der Waals surface area contributed by atoms with E-state index >= 15 is 0 Å². The molecule has 0 fully saturated rings. The molecule has 6 nitrogen and oxygen atoms in total. The van der Waals surface area contributed by atoms with E-state index in [1.807, 2.05) is 42.5 Å². The maximum Gasteiger partial charge on any atom is 0.323 e. The zero-order chi connectivity index (χ0) is 20.9. The number of nitrogens with one attached hydrogen (secondary N) is 3. The van der Waals surface area contributed by atoms with Crippen LogP contribution in [0.25, 0.3) is 11.0 Å². The van der Waals surface area contributed by atoms with Gasteiger partial charge in [-0.2, -0.15) is 0 Å². The smallest absolute Gasteiger partial charge is 0.323 e. The lowest BCUT2D eigenvalue weighted by atomic mass is 10.1. The fraction of sp³-hybridized carbons (Fsp3) is 0.167. The number of amides is 2. The van der Waals surface area contributed by atoms with Gasteiger partial charge in [0.05, 0.1) is 23.8 Å². The number of imidazole rings is 1. The number of carbonyl (C=O) groups excluding carboxylic acids is 1. The van der Waals surface area contributed by atoms with Crippen LogP contribution >= 0.6 is 0 Å². The van der Waals surface area contributed by atoms with E-state index in [4.69, 9.17) is 4.74 Å². The summed E-state index contributed by atoms with van der Waals surface area (Å²) in [4.78, 5) is 20.3. The Morgan fingerprint density at radius 3 is 2.60 bits per heavy atom. The summed E-state index contributed by atoms with van der Waals surface area (Å²) in [5, 5.41) is 5.64. The van der Waals surface area contributed by atoms with Crippen molar-refractivity contribution in [1.82, 2.24) is 9.97 Å². The standard InChI is InChI=1S/C24H24N4O2/c1-16-7-13-19-21(15-16)27-23(26-19)14-10-17-8-11-18(12-9-17)25-24(29)28-20-5-3-4-6-22(20)30-2/h3-9,11-13,15H,10,14H2,1-2H3,(H,26,27)(H2,25,28,29). The van der Waals surface area contributed by atoms with E-state index in [2.05, 4.69) is 39.7 Å². The van der Waals surface area contributed by atoms with Gasteiger partial charge < -0.3 is 20.4 Å². The van der Waals surface area contributed by atoms with Crippen LogP contribution in [0.4, 0.5) is 16.2 Å². The molecule has 0 bridgehead atoms. The van der Waals surface area contributed by atoms with E-state index < -0.39 is 0 Å². The number of para-hydroxylation sites is 2. The van der Waals surface area contributed by atoms with E-state index in [1.165, 1.54) is 11.1 Å². The molecular formula is C24H24N4O2. The van der Waals surface area contributed by atoms with Crippen LogP contribution in [-0.2, 0) is 12.8 Å². The summed E-state index contributed by atoms with van der Waals surface area (Å²) < 4.78 is 5.25. The number of benzene rings is 3. The third kappa shape index (κ3) is 4.60. The number of urea groups is 1. The SMILES string of the molecule is COc1ccccc1NC(=O)Nc1ccc(CCc2nc3ccc(C)cc3[nH]2)cc1. The van der Waals surface area contributed by atoms with E-state index in [1.54, 1.807) is 19.2 Å². The Kier molecular flexibility index (Phi) is 5.66. The number of nitrogens with zero attached hydrogens (tertiary/aromatic N) is 1. The van der Waals surface area contributed by atoms with Crippen molar-refractivity contribution in [3.63, 3.8) is 0 Å². The van der Waals surface area contributed by atoms with Gasteiger partial charge in [0.1, 0.15) is 11.6 Å². The summed E-state index contributed by atoms with van der Waals surface area (Å²) in [5.41, 5.74) is 5.82. The number of aromatic amines is 1. The van der Waals surface area contributed by atoms with Crippen molar-refractivity contribution in [2.45, 2.75) is 19.8 Å². The Labute approximate surface area is 175 Å². The van der Waals surface area contributed by atoms with Crippen LogP contribution in [0.1, 0.15) is 17.0 Å². The van der Waals surface area contributed by atoms with E-state index in [0.717, 1.165) is 35.4 Å². The predicted octanol–water partition coefficient (Wildman–Crippen LogP) is 5.31. The second kappa shape index (κ2) is 8.69. The summed E-state index contributed by atoms with van der Waals surface area (Å²) in [7, 11) is 1.57. The molecule has 0 aliphatic rings. The molecule has 0 saturated carbocycles. The number of ether oxygens (including phenoxy) is 1. The van der Waals surface area contributed by atoms with Gasteiger partial charge in [-0.05, 0) is 60.9 Å². The molecular weight excluding hydrogens is 376 g/mol. The van der Waals surface area contributed by atoms with Gasteiger partial charge in [-0.15, -0.1) is 0 Å². The summed E-state index contributed by atoms with van der Waals surface area (Å²) in [6.45, 7) is 2.08. The zero-order valence-electron chi connectivity index (χ0n) is 17.0. The van der Waals surface area contributed by atoms with Gasteiger partial charge in [0.25, 0.3) is 0 Å². The quantitative estimate of drug-likeness (QED) is 0.410. The third-order valence-corrected chi connectivity index (χ3v) is 4.90. The van der Waals surface area contributed by atoms with E-state index in [9.17, 15) is 4.79 Å². The maximum absolute atomic E-state index is 12.3. The molecule has 4 rings (SSSR count). The Balaban J connectivity index is 1.33. The highest BCUT2D eigenvalue weighted by atomic mass is 16.5. The maximum atomic E-state index is 12.3. The molecule has 3 aromatic carbocycles. The van der Waals surface area contributed by atoms with Crippen molar-refractivity contribution in [2.24, 2.45) is 0 Å². The summed E-state index contributed by atoms with van der Waals surface area (Å²) in [6.07, 6.45) is 1.70. The fourth-order valence-corrected chi connectivity index (χ4v) is 3.34. The van der Waals surface area contributed by atoms with Crippen LogP contribution in [0.15, 0.2) is 66.7 Å².